The van der Waals surface area contributed by atoms with Crippen molar-refractivity contribution in [2.45, 2.75) is 20.0 Å². The summed E-state index contributed by atoms with van der Waals surface area (Å²) in [7, 11) is 0. The van der Waals surface area contributed by atoms with Gasteiger partial charge in [0, 0.05) is 12.3 Å². The minimum atomic E-state index is -0.200. The lowest BCUT2D eigenvalue weighted by atomic mass is 10.2. The lowest BCUT2D eigenvalue weighted by Crippen LogP contribution is -2.21. The third-order valence-electron chi connectivity index (χ3n) is 3.12. The summed E-state index contributed by atoms with van der Waals surface area (Å²) in [6, 6.07) is 10.8. The molecule has 0 unspecified atom stereocenters. The van der Waals surface area contributed by atoms with Gasteiger partial charge in [0.05, 0.1) is 17.2 Å². The lowest BCUT2D eigenvalue weighted by Gasteiger charge is -2.12. The van der Waals surface area contributed by atoms with Crippen LogP contribution in [0.1, 0.15) is 13.8 Å². The van der Waals surface area contributed by atoms with Crippen LogP contribution in [0.4, 0.5) is 0 Å². The molecule has 2 aromatic heterocycles. The standard InChI is InChI=1S/C16H15N3O2S/c1-10(2)21-12-6-3-5-11(9-12)19-15(20)13-7-4-8-17-14(13)18-16(19)22/h3-10H,1-2H3,(H,17,18,22). The van der Waals surface area contributed by atoms with Crippen molar-refractivity contribution in [2.24, 2.45) is 0 Å². The molecule has 0 radical (unpaired) electrons. The van der Waals surface area contributed by atoms with Crippen LogP contribution < -0.4 is 10.3 Å². The van der Waals surface area contributed by atoms with E-state index in [0.29, 0.717) is 27.2 Å². The second kappa shape index (κ2) is 5.73. The average molecular weight is 313 g/mol. The molecule has 0 saturated heterocycles. The fourth-order valence-corrected chi connectivity index (χ4v) is 2.53. The van der Waals surface area contributed by atoms with Crippen molar-refractivity contribution in [1.82, 2.24) is 14.5 Å². The summed E-state index contributed by atoms with van der Waals surface area (Å²) in [5, 5.41) is 0.492. The van der Waals surface area contributed by atoms with E-state index < -0.39 is 0 Å². The van der Waals surface area contributed by atoms with E-state index in [1.807, 2.05) is 32.0 Å². The van der Waals surface area contributed by atoms with Crippen molar-refractivity contribution in [3.8, 4) is 11.4 Å². The molecule has 1 aromatic carbocycles. The quantitative estimate of drug-likeness (QED) is 0.754. The van der Waals surface area contributed by atoms with Gasteiger partial charge in [0.15, 0.2) is 4.77 Å². The first-order chi connectivity index (χ1) is 10.6. The highest BCUT2D eigenvalue weighted by molar-refractivity contribution is 7.71. The zero-order valence-corrected chi connectivity index (χ0v) is 13.1. The van der Waals surface area contributed by atoms with E-state index in [1.54, 1.807) is 24.4 Å². The minimum absolute atomic E-state index is 0.0577. The maximum Gasteiger partial charge on any atom is 0.268 e. The summed E-state index contributed by atoms with van der Waals surface area (Å²) in [5.74, 6) is 0.695. The van der Waals surface area contributed by atoms with Crippen LogP contribution >= 0.6 is 12.2 Å². The van der Waals surface area contributed by atoms with Gasteiger partial charge < -0.3 is 9.72 Å². The van der Waals surface area contributed by atoms with Gasteiger partial charge in [-0.3, -0.25) is 9.36 Å². The van der Waals surface area contributed by atoms with E-state index in [4.69, 9.17) is 17.0 Å². The van der Waals surface area contributed by atoms with Gasteiger partial charge in [0.1, 0.15) is 11.4 Å². The van der Waals surface area contributed by atoms with E-state index in [9.17, 15) is 4.79 Å². The molecule has 0 bridgehead atoms. The van der Waals surface area contributed by atoms with Crippen molar-refractivity contribution in [3.05, 3.63) is 57.7 Å². The Morgan fingerprint density at radius 2 is 2.09 bits per heavy atom. The molecule has 0 fully saturated rings. The van der Waals surface area contributed by atoms with Gasteiger partial charge in [-0.15, -0.1) is 0 Å². The molecular weight excluding hydrogens is 298 g/mol. The van der Waals surface area contributed by atoms with Crippen LogP contribution in [0, 0.1) is 4.77 Å². The van der Waals surface area contributed by atoms with Crippen LogP contribution in [-0.4, -0.2) is 20.6 Å². The largest absolute Gasteiger partial charge is 0.491 e. The molecule has 0 saturated carbocycles. The molecule has 0 spiro atoms. The van der Waals surface area contributed by atoms with Crippen LogP contribution in [0.15, 0.2) is 47.4 Å². The number of hydrogen-bond acceptors (Lipinski definition) is 4. The van der Waals surface area contributed by atoms with E-state index >= 15 is 0 Å². The van der Waals surface area contributed by atoms with Gasteiger partial charge in [-0.2, -0.15) is 0 Å². The molecular formula is C16H15N3O2S. The average Bonchev–Trinajstić information content (AvgIpc) is 2.47. The summed E-state index contributed by atoms with van der Waals surface area (Å²) in [6.45, 7) is 3.90. The van der Waals surface area contributed by atoms with Crippen molar-refractivity contribution in [2.75, 3.05) is 0 Å². The smallest absolute Gasteiger partial charge is 0.268 e. The van der Waals surface area contributed by atoms with E-state index in [0.717, 1.165) is 0 Å². The topological polar surface area (TPSA) is 59.9 Å². The Morgan fingerprint density at radius 1 is 1.27 bits per heavy atom. The van der Waals surface area contributed by atoms with E-state index in [2.05, 4.69) is 9.97 Å². The van der Waals surface area contributed by atoms with Crippen LogP contribution in [0.2, 0.25) is 0 Å². The summed E-state index contributed by atoms with van der Waals surface area (Å²) < 4.78 is 7.43. The first-order valence-corrected chi connectivity index (χ1v) is 7.34. The predicted octanol–water partition coefficient (Wildman–Crippen LogP) is 3.23. The van der Waals surface area contributed by atoms with E-state index in [1.165, 1.54) is 4.57 Å². The molecule has 3 rings (SSSR count). The number of aromatic amines is 1. The third-order valence-corrected chi connectivity index (χ3v) is 3.40. The van der Waals surface area contributed by atoms with Gasteiger partial charge >= 0.3 is 0 Å². The Morgan fingerprint density at radius 3 is 2.86 bits per heavy atom. The third kappa shape index (κ3) is 2.65. The number of aromatic nitrogens is 3. The highest BCUT2D eigenvalue weighted by Crippen LogP contribution is 2.18. The fourth-order valence-electron chi connectivity index (χ4n) is 2.25. The van der Waals surface area contributed by atoms with E-state index in [-0.39, 0.29) is 11.7 Å². The molecule has 5 nitrogen and oxygen atoms in total. The second-order valence-corrected chi connectivity index (χ2v) is 5.52. The molecule has 3 aromatic rings. The molecule has 22 heavy (non-hydrogen) atoms. The van der Waals surface area contributed by atoms with Gasteiger partial charge in [-0.1, -0.05) is 6.07 Å². The van der Waals surface area contributed by atoms with Crippen molar-refractivity contribution in [3.63, 3.8) is 0 Å². The predicted molar refractivity (Wildman–Crippen MR) is 88.3 cm³/mol. The Kier molecular flexibility index (Phi) is 3.77. The number of nitrogens with one attached hydrogen (secondary N) is 1. The minimum Gasteiger partial charge on any atom is -0.491 e. The first kappa shape index (κ1) is 14.5. The van der Waals surface area contributed by atoms with Crippen molar-refractivity contribution >= 4 is 23.3 Å². The SMILES string of the molecule is CC(C)Oc1cccc(-n2c(=S)[nH]c3ncccc3c2=O)c1. The number of rotatable bonds is 3. The number of pyridine rings is 1. The molecule has 112 valence electrons. The molecule has 0 amide bonds. The summed E-state index contributed by atoms with van der Waals surface area (Å²) in [5.41, 5.74) is 0.951. The van der Waals surface area contributed by atoms with Crippen LogP contribution in [-0.2, 0) is 0 Å². The number of nitrogens with zero attached hydrogens (tertiary/aromatic N) is 2. The maximum absolute atomic E-state index is 12.7. The van der Waals surface area contributed by atoms with Gasteiger partial charge in [-0.05, 0) is 50.3 Å². The molecule has 0 atom stereocenters. The summed E-state index contributed by atoms with van der Waals surface area (Å²) >= 11 is 5.31. The fraction of sp³-hybridized carbons (Fsp3) is 0.188. The lowest BCUT2D eigenvalue weighted by molar-refractivity contribution is 0.242. The highest BCUT2D eigenvalue weighted by Gasteiger charge is 2.09. The maximum atomic E-state index is 12.7. The van der Waals surface area contributed by atoms with Crippen LogP contribution in [0.3, 0.4) is 0 Å². The Balaban J connectivity index is 2.22. The number of H-pyrrole nitrogens is 1. The normalized spacial score (nSPS) is 11.0. The van der Waals surface area contributed by atoms with Crippen molar-refractivity contribution in [1.29, 1.82) is 0 Å². The first-order valence-electron chi connectivity index (χ1n) is 6.93. The molecule has 1 N–H and O–H groups in total. The molecule has 2 heterocycles. The zero-order valence-electron chi connectivity index (χ0n) is 12.2. The van der Waals surface area contributed by atoms with Crippen molar-refractivity contribution < 1.29 is 4.74 Å². The molecule has 0 aliphatic heterocycles. The van der Waals surface area contributed by atoms with Crippen LogP contribution in [0.5, 0.6) is 5.75 Å². The Labute approximate surface area is 132 Å². The van der Waals surface area contributed by atoms with Gasteiger partial charge in [-0.25, -0.2) is 4.98 Å². The number of fused-ring (bicyclic) bond motifs is 1. The van der Waals surface area contributed by atoms with Crippen LogP contribution in [0.25, 0.3) is 16.7 Å². The Hall–Kier alpha value is -2.47. The monoisotopic (exact) mass is 313 g/mol. The van der Waals surface area contributed by atoms with Gasteiger partial charge in [0.25, 0.3) is 5.56 Å². The highest BCUT2D eigenvalue weighted by atomic mass is 32.1. The zero-order chi connectivity index (χ0) is 15.7. The second-order valence-electron chi connectivity index (χ2n) is 5.13. The summed E-state index contributed by atoms with van der Waals surface area (Å²) in [6.07, 6.45) is 1.68. The summed E-state index contributed by atoms with van der Waals surface area (Å²) in [4.78, 5) is 19.8. The number of benzene rings is 1. The Bertz CT molecular complexity index is 944. The molecule has 0 aliphatic rings. The number of hydrogen-bond donors (Lipinski definition) is 1. The number of ether oxygens (including phenoxy) is 1. The van der Waals surface area contributed by atoms with Gasteiger partial charge in [0.2, 0.25) is 0 Å². The molecule has 6 heteroatoms. The molecule has 0 aliphatic carbocycles.